The molecule has 16 rings (SSSR count). The average molecular weight is 1090 g/mol. The van der Waals surface area contributed by atoms with Crippen molar-refractivity contribution in [1.29, 1.82) is 0 Å². The van der Waals surface area contributed by atoms with Gasteiger partial charge in [-0.05, 0) is 500 Å². The van der Waals surface area contributed by atoms with Crippen molar-refractivity contribution in [2.45, 2.75) is 194 Å². The number of benzene rings is 12. The van der Waals surface area contributed by atoms with Crippen LogP contribution in [0.15, 0.2) is 0 Å². The largest absolute Gasteiger partial charge is 0.0443 e. The van der Waals surface area contributed by atoms with Crippen molar-refractivity contribution in [2.75, 3.05) is 0 Å². The molecule has 0 aliphatic rings. The summed E-state index contributed by atoms with van der Waals surface area (Å²) in [5.74, 6) is 0. The summed E-state index contributed by atoms with van der Waals surface area (Å²) in [4.78, 5) is 0. The molecule has 0 N–H and O–H groups in total. The van der Waals surface area contributed by atoms with E-state index in [9.17, 15) is 0 Å². The molecule has 0 spiro atoms. The predicted molar refractivity (Wildman–Crippen MR) is 378 cm³/mol. The third-order valence-electron chi connectivity index (χ3n) is 25.5. The Hall–Kier alpha value is -7.28. The minimum Gasteiger partial charge on any atom is -0.0443 e. The molecule has 16 aromatic rings. The zero-order valence-corrected chi connectivity index (χ0v) is 56.0. The molecule has 0 bridgehead atoms. The summed E-state index contributed by atoms with van der Waals surface area (Å²) >= 11 is 0. The molecule has 16 aromatic carbocycles. The van der Waals surface area contributed by atoms with Crippen LogP contribution in [0.4, 0.5) is 0 Å². The van der Waals surface area contributed by atoms with Gasteiger partial charge in [-0.15, -0.1) is 0 Å². The Morgan fingerprint density at radius 1 is 0.0595 bits per heavy atom. The van der Waals surface area contributed by atoms with Gasteiger partial charge in [0.2, 0.25) is 0 Å². The third kappa shape index (κ3) is 5.46. The van der Waals surface area contributed by atoms with Gasteiger partial charge in [0.05, 0.1) is 0 Å². The fourth-order valence-corrected chi connectivity index (χ4v) is 19.4. The summed E-state index contributed by atoms with van der Waals surface area (Å²) in [7, 11) is 0. The molecule has 0 heteroatoms. The Kier molecular flexibility index (Phi) is 10.4. The fraction of sp³-hybridized carbons (Fsp3) is 0.333. The van der Waals surface area contributed by atoms with E-state index in [4.69, 9.17) is 0 Å². The van der Waals surface area contributed by atoms with Crippen molar-refractivity contribution >= 4 is 151 Å². The smallest absolute Gasteiger partial charge is 0.000780 e. The fourth-order valence-electron chi connectivity index (χ4n) is 19.4. The quantitative estimate of drug-likeness (QED) is 0.133. The van der Waals surface area contributed by atoms with E-state index >= 15 is 0 Å². The lowest BCUT2D eigenvalue weighted by Crippen LogP contribution is -1.98. The molecule has 0 aliphatic carbocycles. The van der Waals surface area contributed by atoms with E-state index in [1.165, 1.54) is 307 Å². The first-order valence-corrected chi connectivity index (χ1v) is 31.5. The maximum Gasteiger partial charge on any atom is -0.000780 e. The highest BCUT2D eigenvalue weighted by atomic mass is 14.4. The highest BCUT2D eigenvalue weighted by molar-refractivity contribution is 6.51. The Bertz CT molecular complexity index is 5130. The van der Waals surface area contributed by atoms with Crippen LogP contribution >= 0.6 is 0 Å². The van der Waals surface area contributed by atoms with E-state index in [0.29, 0.717) is 0 Å². The molecule has 0 aromatic heterocycles. The maximum atomic E-state index is 2.43. The SMILES string of the molecule is Cc1c(C)c(C)c2c(c1C)c1c(C)c(C)c3c(C)c4c5c(C)c(C)c(C)c(C)c5c5c(C)c(C)c6c(C)c2c1c3c6c54.Cc1c(C)c(C)c2c(c1C)c1c(C)c(C)c3c(C)c4c5c(C)c(C)c(C)c(C)c5c5c(C)c(C)c6c(C)c2c1c3c6c54. The van der Waals surface area contributed by atoms with Gasteiger partial charge in [-0.1, -0.05) is 0 Å². The molecule has 0 unspecified atom stereocenters. The molecule has 0 saturated heterocycles. The molecule has 0 fully saturated rings. The van der Waals surface area contributed by atoms with Crippen LogP contribution in [0, 0.1) is 194 Å². The Morgan fingerprint density at radius 3 is 0.262 bits per heavy atom. The van der Waals surface area contributed by atoms with Crippen molar-refractivity contribution in [3.8, 4) is 0 Å². The predicted octanol–water partition coefficient (Wildman–Crippen LogP) is 24.8. The van der Waals surface area contributed by atoms with Gasteiger partial charge < -0.3 is 0 Å². The summed E-state index contributed by atoms with van der Waals surface area (Å²) in [6, 6.07) is 0. The summed E-state index contributed by atoms with van der Waals surface area (Å²) in [6.07, 6.45) is 0. The summed E-state index contributed by atoms with van der Waals surface area (Å²) in [6.45, 7) is 66.5. The van der Waals surface area contributed by atoms with E-state index in [1.54, 1.807) is 0 Å². The highest BCUT2D eigenvalue weighted by Crippen LogP contribution is 2.61. The molecule has 0 aliphatic heterocycles. The zero-order chi connectivity index (χ0) is 60.3. The van der Waals surface area contributed by atoms with Crippen LogP contribution in [-0.2, 0) is 0 Å². The molecule has 84 heavy (non-hydrogen) atoms. The van der Waals surface area contributed by atoms with Gasteiger partial charge in [0.1, 0.15) is 0 Å². The van der Waals surface area contributed by atoms with Crippen molar-refractivity contribution in [2.24, 2.45) is 0 Å². The van der Waals surface area contributed by atoms with Crippen LogP contribution in [0.3, 0.4) is 0 Å². The van der Waals surface area contributed by atoms with Gasteiger partial charge in [0, 0.05) is 0 Å². The van der Waals surface area contributed by atoms with Gasteiger partial charge in [-0.3, -0.25) is 0 Å². The monoisotopic (exact) mass is 1090 g/mol. The number of rotatable bonds is 0. The maximum absolute atomic E-state index is 2.43. The minimum atomic E-state index is 1.45. The third-order valence-corrected chi connectivity index (χ3v) is 25.5. The highest BCUT2D eigenvalue weighted by Gasteiger charge is 2.35. The minimum absolute atomic E-state index is 1.45. The second-order valence-electron chi connectivity index (χ2n) is 28.0. The average Bonchev–Trinajstić information content (AvgIpc) is 1.46. The second-order valence-corrected chi connectivity index (χ2v) is 28.0. The normalized spacial score (nSPS) is 13.0. The molecule has 0 amide bonds. The van der Waals surface area contributed by atoms with Crippen molar-refractivity contribution < 1.29 is 0 Å². The standard InChI is InChI=1S/2C42H42/c2*1-15-17(3)21(7)33-31(19(15)5)35-25(11)23(9)29-28(14)38-34-22(8)18(4)16(2)20(6)32(34)36-26(12)24(10)30-27(13)37(33)41(35)39(29)40(30)42(36)38/h2*1-14H3. The van der Waals surface area contributed by atoms with Gasteiger partial charge in [-0.25, -0.2) is 0 Å². The summed E-state index contributed by atoms with van der Waals surface area (Å²) < 4.78 is 0. The van der Waals surface area contributed by atoms with Crippen LogP contribution in [0.2, 0.25) is 0 Å². The topological polar surface area (TPSA) is 0 Å². The van der Waals surface area contributed by atoms with Crippen LogP contribution in [-0.4, -0.2) is 0 Å². The van der Waals surface area contributed by atoms with Gasteiger partial charge in [-0.2, -0.15) is 0 Å². The van der Waals surface area contributed by atoms with Gasteiger partial charge in [0.15, 0.2) is 0 Å². The number of hydrogen-bond acceptors (Lipinski definition) is 0. The second kappa shape index (κ2) is 16.4. The van der Waals surface area contributed by atoms with E-state index in [1.807, 2.05) is 0 Å². The lowest BCUT2D eigenvalue weighted by Gasteiger charge is -2.23. The molecule has 0 heterocycles. The van der Waals surface area contributed by atoms with Crippen LogP contribution < -0.4 is 0 Å². The first-order valence-electron chi connectivity index (χ1n) is 31.5. The molecule has 0 saturated carbocycles. The van der Waals surface area contributed by atoms with Gasteiger partial charge in [0.25, 0.3) is 0 Å². The van der Waals surface area contributed by atoms with Gasteiger partial charge >= 0.3 is 0 Å². The lowest BCUT2D eigenvalue weighted by molar-refractivity contribution is 1.26. The van der Waals surface area contributed by atoms with Crippen molar-refractivity contribution in [1.82, 2.24) is 0 Å². The zero-order valence-electron chi connectivity index (χ0n) is 56.0. The van der Waals surface area contributed by atoms with E-state index in [-0.39, 0.29) is 0 Å². The van der Waals surface area contributed by atoms with Crippen LogP contribution in [0.1, 0.15) is 156 Å². The lowest BCUT2D eigenvalue weighted by atomic mass is 9.80. The van der Waals surface area contributed by atoms with E-state index in [2.05, 4.69) is 194 Å². The number of aryl methyl sites for hydroxylation is 20. The number of fused-ring (bicyclic) bond motifs is 12. The molecule has 0 radical (unpaired) electrons. The molecule has 0 nitrogen and oxygen atoms in total. The molecule has 420 valence electrons. The molecular formula is C84H84. The molecular weight excluding hydrogens is 1010 g/mol. The van der Waals surface area contributed by atoms with Crippen LogP contribution in [0.5, 0.6) is 0 Å². The Labute approximate surface area is 497 Å². The Morgan fingerprint density at radius 2 is 0.131 bits per heavy atom. The van der Waals surface area contributed by atoms with E-state index < -0.39 is 0 Å². The number of hydrogen-bond donors (Lipinski definition) is 0. The Balaban J connectivity index is 0.000000143. The van der Waals surface area contributed by atoms with Crippen molar-refractivity contribution in [3.63, 3.8) is 0 Å². The summed E-state index contributed by atoms with van der Waals surface area (Å²) in [5, 5.41) is 42.1. The van der Waals surface area contributed by atoms with Crippen molar-refractivity contribution in [3.05, 3.63) is 156 Å². The molecule has 0 atom stereocenters. The summed E-state index contributed by atoms with van der Waals surface area (Å²) in [5.41, 5.74) is 40.7. The first kappa shape index (κ1) is 53.4. The first-order chi connectivity index (χ1) is 39.5. The van der Waals surface area contributed by atoms with E-state index in [0.717, 1.165) is 0 Å². The van der Waals surface area contributed by atoms with Crippen LogP contribution in [0.25, 0.3) is 151 Å².